The Bertz CT molecular complexity index is 713. The molecule has 1 heterocycles. The van der Waals surface area contributed by atoms with Gasteiger partial charge in [-0.25, -0.2) is 4.79 Å². The van der Waals surface area contributed by atoms with E-state index in [1.807, 2.05) is 17.5 Å². The van der Waals surface area contributed by atoms with Gasteiger partial charge >= 0.3 is 5.97 Å². The second-order valence-corrected chi connectivity index (χ2v) is 6.07. The number of hydrogen-bond acceptors (Lipinski definition) is 6. The van der Waals surface area contributed by atoms with Crippen LogP contribution in [0, 0.1) is 0 Å². The van der Waals surface area contributed by atoms with Gasteiger partial charge in [0.25, 0.3) is 11.8 Å². The summed E-state index contributed by atoms with van der Waals surface area (Å²) in [5, 5.41) is 4.67. The second-order valence-electron chi connectivity index (χ2n) is 5.03. The fourth-order valence-electron chi connectivity index (χ4n) is 1.89. The molecule has 0 aliphatic rings. The highest BCUT2D eigenvalue weighted by Crippen LogP contribution is 2.13. The van der Waals surface area contributed by atoms with E-state index in [1.54, 1.807) is 11.3 Å². The molecule has 0 atom stereocenters. The van der Waals surface area contributed by atoms with E-state index in [2.05, 4.69) is 5.32 Å². The van der Waals surface area contributed by atoms with Crippen molar-refractivity contribution in [3.05, 3.63) is 52.2 Å². The van der Waals surface area contributed by atoms with Gasteiger partial charge in [-0.3, -0.25) is 9.59 Å². The molecule has 0 bridgehead atoms. The van der Waals surface area contributed by atoms with Gasteiger partial charge in [0.05, 0.1) is 5.56 Å². The first-order valence-electron chi connectivity index (χ1n) is 7.52. The number of nitrogens with two attached hydrogens (primary N) is 1. The van der Waals surface area contributed by atoms with E-state index in [4.69, 9.17) is 15.2 Å². The maximum absolute atomic E-state index is 11.9. The van der Waals surface area contributed by atoms with Crippen molar-refractivity contribution in [1.82, 2.24) is 5.32 Å². The molecule has 1 aromatic carbocycles. The first-order chi connectivity index (χ1) is 12.0. The summed E-state index contributed by atoms with van der Waals surface area (Å²) < 4.78 is 10.0. The Morgan fingerprint density at radius 2 is 1.84 bits per heavy atom. The number of carbonyl (C=O) groups excluding carboxylic acids is 3. The molecular weight excluding hydrogens is 344 g/mol. The molecule has 7 nitrogen and oxygen atoms in total. The standard InChI is InChI=1S/C17H18N2O5S/c18-15(20)10-23-13-5-3-12(4-6-13)17(22)24-11-16(21)19-8-7-14-2-1-9-25-14/h1-6,9H,7-8,10-11H2,(H2,18,20)(H,19,21). The molecule has 2 rings (SSSR count). The van der Waals surface area contributed by atoms with Crippen LogP contribution in [-0.4, -0.2) is 37.5 Å². The van der Waals surface area contributed by atoms with Gasteiger partial charge in [0.1, 0.15) is 5.75 Å². The minimum absolute atomic E-state index is 0.241. The molecule has 0 radical (unpaired) electrons. The van der Waals surface area contributed by atoms with Crippen molar-refractivity contribution in [3.8, 4) is 5.75 Å². The first-order valence-corrected chi connectivity index (χ1v) is 8.40. The molecule has 0 spiro atoms. The van der Waals surface area contributed by atoms with Crippen LogP contribution in [0.1, 0.15) is 15.2 Å². The largest absolute Gasteiger partial charge is 0.484 e. The zero-order chi connectivity index (χ0) is 18.1. The van der Waals surface area contributed by atoms with Gasteiger partial charge in [0.2, 0.25) is 0 Å². The minimum Gasteiger partial charge on any atom is -0.484 e. The third kappa shape index (κ3) is 6.64. The number of benzene rings is 1. The lowest BCUT2D eigenvalue weighted by Gasteiger charge is -2.07. The second kappa shape index (κ2) is 9.43. The maximum Gasteiger partial charge on any atom is 0.338 e. The number of rotatable bonds is 9. The monoisotopic (exact) mass is 362 g/mol. The molecule has 0 saturated carbocycles. The lowest BCUT2D eigenvalue weighted by molar-refractivity contribution is -0.124. The molecule has 3 N–H and O–H groups in total. The Hall–Kier alpha value is -2.87. The van der Waals surface area contributed by atoms with Crippen LogP contribution in [0.5, 0.6) is 5.75 Å². The van der Waals surface area contributed by atoms with Crippen LogP contribution < -0.4 is 15.8 Å². The van der Waals surface area contributed by atoms with Gasteiger partial charge in [-0.2, -0.15) is 0 Å². The molecule has 0 aliphatic carbocycles. The molecular formula is C17H18N2O5S. The maximum atomic E-state index is 11.9. The van der Waals surface area contributed by atoms with Gasteiger partial charge < -0.3 is 20.5 Å². The highest BCUT2D eigenvalue weighted by atomic mass is 32.1. The highest BCUT2D eigenvalue weighted by Gasteiger charge is 2.10. The van der Waals surface area contributed by atoms with E-state index in [0.717, 1.165) is 6.42 Å². The molecule has 132 valence electrons. The van der Waals surface area contributed by atoms with E-state index in [9.17, 15) is 14.4 Å². The number of thiophene rings is 1. The lowest BCUT2D eigenvalue weighted by Crippen LogP contribution is -2.30. The van der Waals surface area contributed by atoms with Gasteiger partial charge in [0, 0.05) is 11.4 Å². The van der Waals surface area contributed by atoms with Crippen LogP contribution in [-0.2, 0) is 20.7 Å². The third-order valence-electron chi connectivity index (χ3n) is 3.08. The number of amides is 2. The summed E-state index contributed by atoms with van der Waals surface area (Å²) in [5.41, 5.74) is 5.25. The molecule has 2 aromatic rings. The van der Waals surface area contributed by atoms with E-state index >= 15 is 0 Å². The van der Waals surface area contributed by atoms with Crippen LogP contribution in [0.4, 0.5) is 0 Å². The van der Waals surface area contributed by atoms with Crippen molar-refractivity contribution in [2.24, 2.45) is 5.73 Å². The summed E-state index contributed by atoms with van der Waals surface area (Å²) in [6, 6.07) is 9.93. The normalized spacial score (nSPS) is 10.1. The summed E-state index contributed by atoms with van der Waals surface area (Å²) in [7, 11) is 0. The SMILES string of the molecule is NC(=O)COc1ccc(C(=O)OCC(=O)NCCc2cccs2)cc1. The number of primary amides is 1. The average Bonchev–Trinajstić information content (AvgIpc) is 3.11. The van der Waals surface area contributed by atoms with Gasteiger partial charge in [-0.1, -0.05) is 6.07 Å². The summed E-state index contributed by atoms with van der Waals surface area (Å²) in [5.74, 6) is -1.16. The molecule has 0 aliphatic heterocycles. The lowest BCUT2D eigenvalue weighted by atomic mass is 10.2. The Morgan fingerprint density at radius 1 is 1.08 bits per heavy atom. The summed E-state index contributed by atoms with van der Waals surface area (Å²) >= 11 is 1.62. The van der Waals surface area contributed by atoms with Crippen LogP contribution in [0.15, 0.2) is 41.8 Å². The zero-order valence-electron chi connectivity index (χ0n) is 13.4. The van der Waals surface area contributed by atoms with E-state index < -0.39 is 11.9 Å². The first kappa shape index (κ1) is 18.5. The smallest absolute Gasteiger partial charge is 0.338 e. The van der Waals surface area contributed by atoms with Gasteiger partial charge in [-0.15, -0.1) is 11.3 Å². The Kier molecular flexibility index (Phi) is 6.97. The number of ether oxygens (including phenoxy) is 2. The Labute approximate surface area is 148 Å². The predicted molar refractivity (Wildman–Crippen MR) is 92.4 cm³/mol. The van der Waals surface area contributed by atoms with Crippen molar-refractivity contribution in [3.63, 3.8) is 0 Å². The van der Waals surface area contributed by atoms with E-state index in [0.29, 0.717) is 12.3 Å². The Morgan fingerprint density at radius 3 is 2.48 bits per heavy atom. The molecule has 0 fully saturated rings. The molecule has 0 unspecified atom stereocenters. The minimum atomic E-state index is -0.616. The summed E-state index contributed by atoms with van der Waals surface area (Å²) in [4.78, 5) is 35.3. The fourth-order valence-corrected chi connectivity index (χ4v) is 2.60. The zero-order valence-corrected chi connectivity index (χ0v) is 14.2. The van der Waals surface area contributed by atoms with Gasteiger partial charge in [0.15, 0.2) is 13.2 Å². The van der Waals surface area contributed by atoms with Crippen LogP contribution in [0.2, 0.25) is 0 Å². The third-order valence-corrected chi connectivity index (χ3v) is 4.02. The van der Waals surface area contributed by atoms with Crippen LogP contribution in [0.25, 0.3) is 0 Å². The molecule has 25 heavy (non-hydrogen) atoms. The number of carbonyl (C=O) groups is 3. The van der Waals surface area contributed by atoms with Crippen molar-refractivity contribution in [2.45, 2.75) is 6.42 Å². The summed E-state index contributed by atoms with van der Waals surface area (Å²) in [6.07, 6.45) is 0.740. The van der Waals surface area contributed by atoms with Crippen LogP contribution >= 0.6 is 11.3 Å². The van der Waals surface area contributed by atoms with Crippen LogP contribution in [0.3, 0.4) is 0 Å². The average molecular weight is 362 g/mol. The Balaban J connectivity index is 1.70. The van der Waals surface area contributed by atoms with E-state index in [1.165, 1.54) is 29.1 Å². The fraction of sp³-hybridized carbons (Fsp3) is 0.235. The quantitative estimate of drug-likeness (QED) is 0.650. The number of hydrogen-bond donors (Lipinski definition) is 2. The van der Waals surface area contributed by atoms with Gasteiger partial charge in [-0.05, 0) is 42.1 Å². The number of esters is 1. The van der Waals surface area contributed by atoms with E-state index in [-0.39, 0.29) is 24.7 Å². The molecule has 1 aromatic heterocycles. The molecule has 0 saturated heterocycles. The van der Waals surface area contributed by atoms with Crippen molar-refractivity contribution < 1.29 is 23.9 Å². The van der Waals surface area contributed by atoms with Crippen molar-refractivity contribution >= 4 is 29.1 Å². The van der Waals surface area contributed by atoms with Crippen molar-refractivity contribution in [2.75, 3.05) is 19.8 Å². The summed E-state index contributed by atoms with van der Waals surface area (Å²) in [6.45, 7) is -0.0958. The molecule has 8 heteroatoms. The van der Waals surface area contributed by atoms with Crippen molar-refractivity contribution in [1.29, 1.82) is 0 Å². The number of nitrogens with one attached hydrogen (secondary N) is 1. The topological polar surface area (TPSA) is 108 Å². The molecule has 2 amide bonds. The predicted octanol–water partition coefficient (Wildman–Crippen LogP) is 1.13. The highest BCUT2D eigenvalue weighted by molar-refractivity contribution is 7.09.